The highest BCUT2D eigenvalue weighted by Gasteiger charge is 2.17. The molecular formula is C13H13N3. The molecule has 3 heteroatoms. The molecule has 0 bridgehead atoms. The summed E-state index contributed by atoms with van der Waals surface area (Å²) in [6, 6.07) is 8.43. The van der Waals surface area contributed by atoms with Gasteiger partial charge >= 0.3 is 0 Å². The molecule has 0 radical (unpaired) electrons. The lowest BCUT2D eigenvalue weighted by atomic mass is 9.90. The molecule has 2 N–H and O–H groups in total. The lowest BCUT2D eigenvalue weighted by molar-refractivity contribution is 0.857. The van der Waals surface area contributed by atoms with Crippen molar-refractivity contribution in [3.63, 3.8) is 0 Å². The maximum Gasteiger partial charge on any atom is 0.142 e. The number of fused-ring (bicyclic) bond motifs is 3. The lowest BCUT2D eigenvalue weighted by Crippen LogP contribution is -2.10. The fraction of sp³-hybridized carbons (Fsp3) is 0.231. The number of hydrogen-bond acceptors (Lipinski definition) is 3. The first-order valence-electron chi connectivity index (χ1n) is 5.51. The third-order valence-electron chi connectivity index (χ3n) is 3.03. The van der Waals surface area contributed by atoms with E-state index in [1.54, 1.807) is 0 Å². The summed E-state index contributed by atoms with van der Waals surface area (Å²) in [5.74, 6) is 0.718. The summed E-state index contributed by atoms with van der Waals surface area (Å²) in [7, 11) is 0. The third-order valence-corrected chi connectivity index (χ3v) is 3.03. The molecule has 3 rings (SSSR count). The molecule has 0 spiro atoms. The smallest absolute Gasteiger partial charge is 0.142 e. The van der Waals surface area contributed by atoms with Crippen LogP contribution in [0, 0.1) is 0 Å². The van der Waals surface area contributed by atoms with Crippen molar-refractivity contribution in [2.75, 3.05) is 0 Å². The van der Waals surface area contributed by atoms with E-state index in [2.05, 4.69) is 34.2 Å². The molecule has 1 aliphatic rings. The highest BCUT2D eigenvalue weighted by Crippen LogP contribution is 2.31. The summed E-state index contributed by atoms with van der Waals surface area (Å²) in [5, 5.41) is 0. The summed E-state index contributed by atoms with van der Waals surface area (Å²) >= 11 is 0. The van der Waals surface area contributed by atoms with Crippen LogP contribution in [0.4, 0.5) is 0 Å². The van der Waals surface area contributed by atoms with E-state index in [4.69, 9.17) is 5.73 Å². The van der Waals surface area contributed by atoms with E-state index in [-0.39, 0.29) is 0 Å². The van der Waals surface area contributed by atoms with Crippen LogP contribution in [0.25, 0.3) is 11.3 Å². The Bertz CT molecular complexity index is 534. The van der Waals surface area contributed by atoms with Crippen LogP contribution in [0.1, 0.15) is 17.0 Å². The van der Waals surface area contributed by atoms with Gasteiger partial charge in [0.1, 0.15) is 5.82 Å². The van der Waals surface area contributed by atoms with Crippen molar-refractivity contribution >= 4 is 0 Å². The van der Waals surface area contributed by atoms with Gasteiger partial charge in [-0.05, 0) is 24.0 Å². The number of benzene rings is 1. The molecule has 1 heterocycles. The molecule has 0 saturated heterocycles. The first-order chi connectivity index (χ1) is 7.88. The van der Waals surface area contributed by atoms with Crippen LogP contribution in [0.3, 0.4) is 0 Å². The van der Waals surface area contributed by atoms with Crippen LogP contribution in [-0.2, 0) is 19.4 Å². The number of nitrogens with two attached hydrogens (primary N) is 1. The zero-order valence-electron chi connectivity index (χ0n) is 8.98. The van der Waals surface area contributed by atoms with Crippen molar-refractivity contribution in [2.24, 2.45) is 5.73 Å². The minimum Gasteiger partial charge on any atom is -0.324 e. The van der Waals surface area contributed by atoms with Crippen LogP contribution in [-0.4, -0.2) is 9.97 Å². The Morgan fingerprint density at radius 1 is 1.12 bits per heavy atom. The highest BCUT2D eigenvalue weighted by molar-refractivity contribution is 5.69. The van der Waals surface area contributed by atoms with Crippen LogP contribution in [0.5, 0.6) is 0 Å². The summed E-state index contributed by atoms with van der Waals surface area (Å²) in [5.41, 5.74) is 10.5. The van der Waals surface area contributed by atoms with Crippen molar-refractivity contribution in [3.8, 4) is 11.3 Å². The second-order valence-electron chi connectivity index (χ2n) is 4.02. The standard InChI is InChI=1S/C13H13N3/c14-7-12-15-8-10-6-5-9-3-1-2-4-11(9)13(10)16-12/h1-4,8H,5-7,14H2. The first kappa shape index (κ1) is 9.48. The second-order valence-corrected chi connectivity index (χ2v) is 4.02. The largest absolute Gasteiger partial charge is 0.324 e. The fourth-order valence-electron chi connectivity index (χ4n) is 2.20. The Balaban J connectivity index is 2.22. The second kappa shape index (κ2) is 3.68. The molecule has 0 saturated carbocycles. The van der Waals surface area contributed by atoms with Crippen LogP contribution >= 0.6 is 0 Å². The number of nitrogens with zero attached hydrogens (tertiary/aromatic N) is 2. The van der Waals surface area contributed by atoms with E-state index in [9.17, 15) is 0 Å². The van der Waals surface area contributed by atoms with Crippen molar-refractivity contribution < 1.29 is 0 Å². The van der Waals surface area contributed by atoms with E-state index < -0.39 is 0 Å². The average molecular weight is 211 g/mol. The van der Waals surface area contributed by atoms with Crippen molar-refractivity contribution in [1.82, 2.24) is 9.97 Å². The summed E-state index contributed by atoms with van der Waals surface area (Å²) in [6.07, 6.45) is 4.02. The van der Waals surface area contributed by atoms with E-state index >= 15 is 0 Å². The molecule has 1 aromatic carbocycles. The van der Waals surface area contributed by atoms with Gasteiger partial charge in [-0.1, -0.05) is 24.3 Å². The molecule has 0 amide bonds. The van der Waals surface area contributed by atoms with E-state index in [0.717, 1.165) is 24.4 Å². The summed E-state index contributed by atoms with van der Waals surface area (Å²) in [4.78, 5) is 8.78. The molecule has 2 aromatic rings. The predicted octanol–water partition coefficient (Wildman–Crippen LogP) is 1.70. The predicted molar refractivity (Wildman–Crippen MR) is 62.8 cm³/mol. The van der Waals surface area contributed by atoms with Gasteiger partial charge in [0.2, 0.25) is 0 Å². The fourth-order valence-corrected chi connectivity index (χ4v) is 2.20. The van der Waals surface area contributed by atoms with Gasteiger partial charge in [0.15, 0.2) is 0 Å². The van der Waals surface area contributed by atoms with Gasteiger partial charge < -0.3 is 5.73 Å². The average Bonchev–Trinajstić information content (AvgIpc) is 2.38. The van der Waals surface area contributed by atoms with Crippen molar-refractivity contribution in [1.29, 1.82) is 0 Å². The SMILES string of the molecule is NCc1ncc2c(n1)-c1ccccc1CC2. The minimum absolute atomic E-state index is 0.398. The van der Waals surface area contributed by atoms with Crippen LogP contribution in [0.15, 0.2) is 30.5 Å². The maximum absolute atomic E-state index is 5.58. The summed E-state index contributed by atoms with van der Waals surface area (Å²) in [6.45, 7) is 0.398. The molecule has 1 aliphatic carbocycles. The molecule has 3 nitrogen and oxygen atoms in total. The zero-order valence-corrected chi connectivity index (χ0v) is 8.98. The van der Waals surface area contributed by atoms with Gasteiger partial charge in [-0.15, -0.1) is 0 Å². The molecule has 16 heavy (non-hydrogen) atoms. The summed E-state index contributed by atoms with van der Waals surface area (Å²) < 4.78 is 0. The zero-order chi connectivity index (χ0) is 11.0. The monoisotopic (exact) mass is 211 g/mol. The molecular weight excluding hydrogens is 198 g/mol. The Morgan fingerprint density at radius 3 is 2.81 bits per heavy atom. The molecule has 80 valence electrons. The third kappa shape index (κ3) is 1.41. The van der Waals surface area contributed by atoms with Crippen molar-refractivity contribution in [2.45, 2.75) is 19.4 Å². The molecule has 0 fully saturated rings. The number of aromatic nitrogens is 2. The Labute approximate surface area is 94.4 Å². The Kier molecular flexibility index (Phi) is 2.18. The minimum atomic E-state index is 0.398. The first-order valence-corrected chi connectivity index (χ1v) is 5.51. The van der Waals surface area contributed by atoms with Gasteiger partial charge in [0, 0.05) is 11.8 Å². The van der Waals surface area contributed by atoms with E-state index in [1.807, 2.05) is 6.20 Å². The molecule has 1 aromatic heterocycles. The quantitative estimate of drug-likeness (QED) is 0.781. The molecule has 0 unspecified atom stereocenters. The van der Waals surface area contributed by atoms with Gasteiger partial charge in [-0.3, -0.25) is 0 Å². The van der Waals surface area contributed by atoms with Crippen molar-refractivity contribution in [3.05, 3.63) is 47.4 Å². The number of aryl methyl sites for hydroxylation is 2. The highest BCUT2D eigenvalue weighted by atomic mass is 14.9. The number of hydrogen-bond donors (Lipinski definition) is 1. The van der Waals surface area contributed by atoms with Gasteiger partial charge in [0.05, 0.1) is 12.2 Å². The van der Waals surface area contributed by atoms with E-state index in [0.29, 0.717) is 6.54 Å². The number of rotatable bonds is 1. The molecule has 0 atom stereocenters. The van der Waals surface area contributed by atoms with Crippen LogP contribution < -0.4 is 5.73 Å². The topological polar surface area (TPSA) is 51.8 Å². The maximum atomic E-state index is 5.58. The van der Waals surface area contributed by atoms with Gasteiger partial charge in [-0.2, -0.15) is 0 Å². The lowest BCUT2D eigenvalue weighted by Gasteiger charge is -2.18. The van der Waals surface area contributed by atoms with Gasteiger partial charge in [0.25, 0.3) is 0 Å². The Hall–Kier alpha value is -1.74. The van der Waals surface area contributed by atoms with E-state index in [1.165, 1.54) is 16.7 Å². The van der Waals surface area contributed by atoms with Crippen LogP contribution in [0.2, 0.25) is 0 Å². The normalized spacial score (nSPS) is 13.1. The van der Waals surface area contributed by atoms with Gasteiger partial charge in [-0.25, -0.2) is 9.97 Å². The Morgan fingerprint density at radius 2 is 1.94 bits per heavy atom. The molecule has 0 aliphatic heterocycles.